The quantitative estimate of drug-likeness (QED) is 0.902. The van der Waals surface area contributed by atoms with Crippen molar-refractivity contribution in [2.24, 2.45) is 0 Å². The van der Waals surface area contributed by atoms with Crippen LogP contribution in [-0.4, -0.2) is 19.2 Å². The second-order valence-electron chi connectivity index (χ2n) is 3.51. The average Bonchev–Trinajstić information content (AvgIpc) is 2.77. The van der Waals surface area contributed by atoms with E-state index in [0.29, 0.717) is 12.6 Å². The number of furan rings is 1. The van der Waals surface area contributed by atoms with Gasteiger partial charge in [0.05, 0.1) is 6.61 Å². The summed E-state index contributed by atoms with van der Waals surface area (Å²) in [6.07, 6.45) is 2.49. The fourth-order valence-corrected chi connectivity index (χ4v) is 1.97. The van der Waals surface area contributed by atoms with Gasteiger partial charge in [-0.3, -0.25) is 0 Å². The molecule has 0 spiro atoms. The Morgan fingerprint density at radius 2 is 2.50 bits per heavy atom. The first-order valence-electron chi connectivity index (χ1n) is 4.90. The highest BCUT2D eigenvalue weighted by molar-refractivity contribution is 9.10. The summed E-state index contributed by atoms with van der Waals surface area (Å²) in [5, 5.41) is 3.38. The van der Waals surface area contributed by atoms with Crippen LogP contribution in [0.25, 0.3) is 0 Å². The molecule has 2 heterocycles. The van der Waals surface area contributed by atoms with E-state index in [9.17, 15) is 0 Å². The minimum Gasteiger partial charge on any atom is -0.452 e. The third-order valence-electron chi connectivity index (χ3n) is 2.35. The first-order chi connectivity index (χ1) is 6.84. The summed E-state index contributed by atoms with van der Waals surface area (Å²) in [5.74, 6) is 0.870. The van der Waals surface area contributed by atoms with E-state index in [1.165, 1.54) is 12.8 Å². The molecule has 1 saturated heterocycles. The van der Waals surface area contributed by atoms with Crippen LogP contribution in [0.15, 0.2) is 21.2 Å². The second-order valence-corrected chi connectivity index (χ2v) is 4.30. The number of hydrogen-bond donors (Lipinski definition) is 1. The summed E-state index contributed by atoms with van der Waals surface area (Å²) in [5.41, 5.74) is 0. The van der Waals surface area contributed by atoms with Crippen LogP contribution < -0.4 is 5.32 Å². The maximum absolute atomic E-state index is 5.54. The SMILES string of the molecule is Brc1ccc(COCC2CCCN2)o1. The third kappa shape index (κ3) is 2.83. The van der Waals surface area contributed by atoms with Crippen molar-refractivity contribution in [3.05, 3.63) is 22.6 Å². The van der Waals surface area contributed by atoms with E-state index in [2.05, 4.69) is 21.2 Å². The van der Waals surface area contributed by atoms with Crippen molar-refractivity contribution in [2.45, 2.75) is 25.5 Å². The molecule has 0 aliphatic carbocycles. The van der Waals surface area contributed by atoms with Gasteiger partial charge in [0, 0.05) is 6.04 Å². The standard InChI is InChI=1S/C10H14BrNO2/c11-10-4-3-9(14-10)7-13-6-8-2-1-5-12-8/h3-4,8,12H,1-2,5-7H2. The highest BCUT2D eigenvalue weighted by atomic mass is 79.9. The molecule has 0 aromatic carbocycles. The van der Waals surface area contributed by atoms with E-state index in [1.54, 1.807) is 0 Å². The number of rotatable bonds is 4. The zero-order valence-corrected chi connectivity index (χ0v) is 9.55. The molecule has 0 bridgehead atoms. The van der Waals surface area contributed by atoms with E-state index < -0.39 is 0 Å². The predicted molar refractivity (Wildman–Crippen MR) is 57.1 cm³/mol. The molecule has 4 heteroatoms. The Morgan fingerprint density at radius 3 is 3.14 bits per heavy atom. The fraction of sp³-hybridized carbons (Fsp3) is 0.600. The Kier molecular flexibility index (Phi) is 3.61. The molecule has 3 nitrogen and oxygen atoms in total. The van der Waals surface area contributed by atoms with Crippen molar-refractivity contribution in [3.8, 4) is 0 Å². The van der Waals surface area contributed by atoms with Gasteiger partial charge in [-0.25, -0.2) is 0 Å². The van der Waals surface area contributed by atoms with Crippen molar-refractivity contribution in [1.82, 2.24) is 5.32 Å². The van der Waals surface area contributed by atoms with Gasteiger partial charge in [-0.2, -0.15) is 0 Å². The largest absolute Gasteiger partial charge is 0.452 e. The molecular weight excluding hydrogens is 246 g/mol. The maximum Gasteiger partial charge on any atom is 0.169 e. The molecule has 14 heavy (non-hydrogen) atoms. The van der Waals surface area contributed by atoms with E-state index in [-0.39, 0.29) is 0 Å². The van der Waals surface area contributed by atoms with Crippen molar-refractivity contribution >= 4 is 15.9 Å². The highest BCUT2D eigenvalue weighted by Crippen LogP contribution is 2.15. The van der Waals surface area contributed by atoms with Crippen molar-refractivity contribution in [3.63, 3.8) is 0 Å². The molecule has 1 aliphatic heterocycles. The lowest BCUT2D eigenvalue weighted by Gasteiger charge is -2.09. The topological polar surface area (TPSA) is 34.4 Å². The van der Waals surface area contributed by atoms with Crippen LogP contribution >= 0.6 is 15.9 Å². The van der Waals surface area contributed by atoms with E-state index in [4.69, 9.17) is 9.15 Å². The molecule has 1 N–H and O–H groups in total. The van der Waals surface area contributed by atoms with Crippen LogP contribution in [0.1, 0.15) is 18.6 Å². The first kappa shape index (κ1) is 10.2. The maximum atomic E-state index is 5.54. The van der Waals surface area contributed by atoms with E-state index in [1.807, 2.05) is 12.1 Å². The normalized spacial score (nSPS) is 21.6. The summed E-state index contributed by atoms with van der Waals surface area (Å²) < 4.78 is 11.6. The molecule has 1 aromatic heterocycles. The minimum absolute atomic E-state index is 0.536. The van der Waals surface area contributed by atoms with Crippen LogP contribution in [0.2, 0.25) is 0 Å². The lowest BCUT2D eigenvalue weighted by Crippen LogP contribution is -2.26. The van der Waals surface area contributed by atoms with Crippen LogP contribution in [0, 0.1) is 0 Å². The number of nitrogens with one attached hydrogen (secondary N) is 1. The minimum atomic E-state index is 0.536. The molecule has 0 radical (unpaired) electrons. The lowest BCUT2D eigenvalue weighted by atomic mass is 10.2. The van der Waals surface area contributed by atoms with Crippen LogP contribution in [0.4, 0.5) is 0 Å². The van der Waals surface area contributed by atoms with Gasteiger partial charge in [-0.1, -0.05) is 0 Å². The molecular formula is C10H14BrNO2. The smallest absolute Gasteiger partial charge is 0.169 e. The molecule has 0 saturated carbocycles. The summed E-state index contributed by atoms with van der Waals surface area (Å²) >= 11 is 3.26. The van der Waals surface area contributed by atoms with E-state index >= 15 is 0 Å². The molecule has 2 rings (SSSR count). The molecule has 1 aromatic rings. The summed E-state index contributed by atoms with van der Waals surface area (Å²) in [6.45, 7) is 2.46. The Morgan fingerprint density at radius 1 is 1.57 bits per heavy atom. The second kappa shape index (κ2) is 4.96. The van der Waals surface area contributed by atoms with Gasteiger partial charge in [0.1, 0.15) is 12.4 Å². The van der Waals surface area contributed by atoms with E-state index in [0.717, 1.165) is 23.6 Å². The summed E-state index contributed by atoms with van der Waals surface area (Å²) in [7, 11) is 0. The zero-order chi connectivity index (χ0) is 9.80. The molecule has 1 atom stereocenters. The van der Waals surface area contributed by atoms with Gasteiger partial charge in [-0.05, 0) is 47.4 Å². The zero-order valence-electron chi connectivity index (χ0n) is 7.96. The highest BCUT2D eigenvalue weighted by Gasteiger charge is 2.13. The van der Waals surface area contributed by atoms with Crippen molar-refractivity contribution in [2.75, 3.05) is 13.2 Å². The van der Waals surface area contributed by atoms with Gasteiger partial charge in [0.2, 0.25) is 0 Å². The fourth-order valence-electron chi connectivity index (χ4n) is 1.63. The van der Waals surface area contributed by atoms with Gasteiger partial charge in [0.25, 0.3) is 0 Å². The average molecular weight is 260 g/mol. The van der Waals surface area contributed by atoms with Crippen LogP contribution in [0.5, 0.6) is 0 Å². The summed E-state index contributed by atoms with van der Waals surface area (Å²) in [6, 6.07) is 4.34. The number of ether oxygens (including phenoxy) is 1. The van der Waals surface area contributed by atoms with Gasteiger partial charge in [0.15, 0.2) is 4.67 Å². The van der Waals surface area contributed by atoms with Crippen molar-refractivity contribution in [1.29, 1.82) is 0 Å². The summed E-state index contributed by atoms with van der Waals surface area (Å²) in [4.78, 5) is 0. The molecule has 1 fully saturated rings. The molecule has 1 unspecified atom stereocenters. The molecule has 1 aliphatic rings. The third-order valence-corrected chi connectivity index (χ3v) is 2.78. The van der Waals surface area contributed by atoms with Gasteiger partial charge in [-0.15, -0.1) is 0 Å². The Balaban J connectivity index is 1.67. The Labute approximate surface area is 91.9 Å². The molecule has 0 amide bonds. The van der Waals surface area contributed by atoms with Crippen LogP contribution in [-0.2, 0) is 11.3 Å². The monoisotopic (exact) mass is 259 g/mol. The van der Waals surface area contributed by atoms with Crippen LogP contribution in [0.3, 0.4) is 0 Å². The van der Waals surface area contributed by atoms with Gasteiger partial charge >= 0.3 is 0 Å². The Hall–Kier alpha value is -0.320. The molecule has 78 valence electrons. The number of halogens is 1. The lowest BCUT2D eigenvalue weighted by molar-refractivity contribution is 0.0898. The number of hydrogen-bond acceptors (Lipinski definition) is 3. The van der Waals surface area contributed by atoms with Gasteiger partial charge < -0.3 is 14.5 Å². The van der Waals surface area contributed by atoms with Crippen molar-refractivity contribution < 1.29 is 9.15 Å². The first-order valence-corrected chi connectivity index (χ1v) is 5.69. The predicted octanol–water partition coefficient (Wildman–Crippen LogP) is 2.31. The Bertz CT molecular complexity index is 281.